The second-order valence-electron chi connectivity index (χ2n) is 19.2. The minimum absolute atomic E-state index is 0.0131. The van der Waals surface area contributed by atoms with Crippen molar-refractivity contribution < 1.29 is 37.1 Å². The Morgan fingerprint density at radius 3 is 1.82 bits per heavy atom. The lowest BCUT2D eigenvalue weighted by Crippen LogP contribution is -2.27. The summed E-state index contributed by atoms with van der Waals surface area (Å²) in [4.78, 5) is 70.7. The normalized spacial score (nSPS) is 18.2. The fraction of sp³-hybridized carbons (Fsp3) is 0.623. The van der Waals surface area contributed by atoms with Crippen molar-refractivity contribution in [3.63, 3.8) is 0 Å². The van der Waals surface area contributed by atoms with Gasteiger partial charge in [-0.05, 0) is 62.9 Å². The van der Waals surface area contributed by atoms with Crippen LogP contribution in [0.1, 0.15) is 239 Å². The number of nitrogens with one attached hydrogen (secondary N) is 2. The third kappa shape index (κ3) is 11.3. The Bertz CT molecular complexity index is 2380. The van der Waals surface area contributed by atoms with Gasteiger partial charge in [-0.2, -0.15) is 13.2 Å². The summed E-state index contributed by atoms with van der Waals surface area (Å²) in [6.45, 7) is 11.0. The summed E-state index contributed by atoms with van der Waals surface area (Å²) in [6.07, 6.45) is 20.5. The molecule has 0 aromatic carbocycles. The van der Waals surface area contributed by atoms with E-state index in [1.807, 2.05) is 6.92 Å². The number of alkyl halides is 3. The number of unbranched alkanes of at least 4 members (excludes halogenated alkanes) is 19. The summed E-state index contributed by atoms with van der Waals surface area (Å²) in [5.74, 6) is -4.49. The van der Waals surface area contributed by atoms with Crippen LogP contribution in [0.25, 0.3) is 22.1 Å². The monoisotopic (exact) mass is 901 g/mol. The first kappa shape index (κ1) is 49.8. The second kappa shape index (κ2) is 22.3. The summed E-state index contributed by atoms with van der Waals surface area (Å²) in [6, 6.07) is 4.48. The highest BCUT2D eigenvalue weighted by Gasteiger charge is 2.45. The fourth-order valence-corrected chi connectivity index (χ4v) is 10.0. The first-order chi connectivity index (χ1) is 31.1. The smallest absolute Gasteiger partial charge is 0.454 e. The van der Waals surface area contributed by atoms with Gasteiger partial charge in [-0.3, -0.25) is 24.2 Å². The number of hydrogen-bond acceptors (Lipinski definition) is 7. The van der Waals surface area contributed by atoms with E-state index in [2.05, 4.69) is 21.9 Å². The quantitative estimate of drug-likeness (QED) is 0.0519. The number of carbonyl (C=O) groups is 4. The van der Waals surface area contributed by atoms with Crippen molar-refractivity contribution in [2.75, 3.05) is 6.61 Å². The molecule has 2 aliphatic heterocycles. The van der Waals surface area contributed by atoms with E-state index in [1.165, 1.54) is 116 Å². The largest absolute Gasteiger partial charge is 0.465 e. The molecule has 354 valence electrons. The molecule has 0 amide bonds. The van der Waals surface area contributed by atoms with Crippen molar-refractivity contribution in [1.82, 2.24) is 19.9 Å². The highest BCUT2D eigenvalue weighted by Crippen LogP contribution is 2.44. The van der Waals surface area contributed by atoms with Crippen LogP contribution >= 0.6 is 0 Å². The molecular formula is C53H71F3N4O5. The summed E-state index contributed by atoms with van der Waals surface area (Å²) < 4.78 is 48.3. The number of aromatic nitrogens is 4. The molecular weight excluding hydrogens is 830 g/mol. The van der Waals surface area contributed by atoms with Crippen LogP contribution in [-0.2, 0) is 21.4 Å². The Morgan fingerprint density at radius 2 is 1.28 bits per heavy atom. The number of esters is 1. The molecule has 0 saturated heterocycles. The van der Waals surface area contributed by atoms with E-state index in [0.29, 0.717) is 52.0 Å². The number of ketones is 3. The number of Topliss-reactive ketones (excluding diaryl/α,β-unsaturated/α-hetero) is 3. The Labute approximate surface area is 382 Å². The van der Waals surface area contributed by atoms with Gasteiger partial charge in [0.2, 0.25) is 0 Å². The van der Waals surface area contributed by atoms with Gasteiger partial charge >= 0.3 is 12.1 Å². The van der Waals surface area contributed by atoms with Gasteiger partial charge in [0.1, 0.15) is 11.6 Å². The van der Waals surface area contributed by atoms with Gasteiger partial charge in [0.25, 0.3) is 5.78 Å². The van der Waals surface area contributed by atoms with Crippen molar-refractivity contribution in [1.29, 1.82) is 0 Å². The molecule has 3 atom stereocenters. The number of carbonyl (C=O) groups excluding carboxylic acids is 4. The number of fused-ring (bicyclic) bond motifs is 8. The molecule has 0 spiro atoms. The highest BCUT2D eigenvalue weighted by atomic mass is 19.4. The number of aryl methyl sites for hydroxylation is 2. The Balaban J connectivity index is 1.13. The van der Waals surface area contributed by atoms with Gasteiger partial charge < -0.3 is 14.7 Å². The zero-order valence-corrected chi connectivity index (χ0v) is 39.7. The molecule has 0 saturated carbocycles. The average Bonchev–Trinajstić information content (AvgIpc) is 4.02. The molecule has 9 nitrogen and oxygen atoms in total. The van der Waals surface area contributed by atoms with Crippen molar-refractivity contribution in [2.24, 2.45) is 0 Å². The predicted molar refractivity (Wildman–Crippen MR) is 251 cm³/mol. The molecule has 65 heavy (non-hydrogen) atoms. The summed E-state index contributed by atoms with van der Waals surface area (Å²) in [7, 11) is 0. The van der Waals surface area contributed by atoms with Gasteiger partial charge in [0.15, 0.2) is 11.6 Å². The van der Waals surface area contributed by atoms with Crippen LogP contribution in [0.2, 0.25) is 0 Å². The van der Waals surface area contributed by atoms with Crippen molar-refractivity contribution >= 4 is 45.4 Å². The van der Waals surface area contributed by atoms with E-state index in [4.69, 9.17) is 9.72 Å². The standard InChI is InChI=1S/C53H71F3N4O5/c1-7-9-10-11-12-13-14-15-16-17-18-19-20-21-22-23-24-25-26-27-28-65-51(64)46-35(5)38-30-37-33(3)44(50(63)53(54,55)56)40(57-37)32-43-52(6,8-2)49(62)41(58-43)31-39-34(4)45-42(61)29-36(47(45)59-39)48(46)60-38/h30-32,35,46,57,59H,7-29H2,1-6H3/t35-,46+,52?/m1/s1. The molecule has 0 radical (unpaired) electrons. The van der Waals surface area contributed by atoms with Gasteiger partial charge in [-0.15, -0.1) is 0 Å². The number of rotatable bonds is 24. The third-order valence-corrected chi connectivity index (χ3v) is 14.4. The number of nitrogens with zero attached hydrogens (tertiary/aromatic N) is 2. The predicted octanol–water partition coefficient (Wildman–Crippen LogP) is 14.2. The highest BCUT2D eigenvalue weighted by molar-refractivity contribution is 6.14. The van der Waals surface area contributed by atoms with Crippen LogP contribution in [0.5, 0.6) is 0 Å². The first-order valence-electron chi connectivity index (χ1n) is 24.8. The number of hydrogen-bond donors (Lipinski definition) is 2. The lowest BCUT2D eigenvalue weighted by Gasteiger charge is -2.19. The van der Waals surface area contributed by atoms with Crippen LogP contribution in [-0.4, -0.2) is 56.0 Å². The molecule has 5 heterocycles. The van der Waals surface area contributed by atoms with Crippen LogP contribution in [0.4, 0.5) is 13.2 Å². The lowest BCUT2D eigenvalue weighted by atomic mass is 9.80. The van der Waals surface area contributed by atoms with Crippen LogP contribution in [0.3, 0.4) is 0 Å². The van der Waals surface area contributed by atoms with Crippen LogP contribution in [0, 0.1) is 13.8 Å². The Hall–Kier alpha value is -4.61. The lowest BCUT2D eigenvalue weighted by molar-refractivity contribution is -0.146. The Morgan fingerprint density at radius 1 is 0.738 bits per heavy atom. The molecule has 1 aliphatic carbocycles. The van der Waals surface area contributed by atoms with Crippen LogP contribution < -0.4 is 0 Å². The molecule has 3 aromatic rings. The maximum Gasteiger partial charge on any atom is 0.454 e. The molecule has 0 fully saturated rings. The van der Waals surface area contributed by atoms with E-state index in [0.717, 1.165) is 19.3 Å². The fourth-order valence-electron chi connectivity index (χ4n) is 10.0. The van der Waals surface area contributed by atoms with Crippen molar-refractivity contribution in [3.05, 3.63) is 68.8 Å². The van der Waals surface area contributed by atoms with Gasteiger partial charge in [0.05, 0.1) is 40.0 Å². The molecule has 3 aliphatic rings. The first-order valence-corrected chi connectivity index (χ1v) is 24.8. The van der Waals surface area contributed by atoms with E-state index in [9.17, 15) is 32.3 Å². The van der Waals surface area contributed by atoms with E-state index in [1.54, 1.807) is 32.9 Å². The summed E-state index contributed by atoms with van der Waals surface area (Å²) >= 11 is 0. The molecule has 3 aromatic heterocycles. The summed E-state index contributed by atoms with van der Waals surface area (Å²) in [5.41, 5.74) is 1.96. The molecule has 8 bridgehead atoms. The minimum atomic E-state index is -5.18. The minimum Gasteiger partial charge on any atom is -0.465 e. The van der Waals surface area contributed by atoms with Gasteiger partial charge in [-0.1, -0.05) is 143 Å². The number of H-pyrrole nitrogens is 2. The van der Waals surface area contributed by atoms with Gasteiger partial charge in [-0.25, -0.2) is 4.98 Å². The molecule has 6 rings (SSSR count). The number of halogens is 3. The van der Waals surface area contributed by atoms with Gasteiger partial charge in [0, 0.05) is 40.2 Å². The number of aromatic amines is 2. The zero-order valence-electron chi connectivity index (χ0n) is 39.7. The zero-order chi connectivity index (χ0) is 46.9. The molecule has 2 N–H and O–H groups in total. The maximum atomic E-state index is 14.1. The van der Waals surface area contributed by atoms with E-state index < -0.39 is 40.7 Å². The van der Waals surface area contributed by atoms with Crippen molar-refractivity contribution in [3.8, 4) is 0 Å². The maximum absolute atomic E-state index is 14.1. The second-order valence-corrected chi connectivity index (χ2v) is 19.2. The van der Waals surface area contributed by atoms with E-state index in [-0.39, 0.29) is 52.6 Å². The third-order valence-electron chi connectivity index (χ3n) is 14.4. The molecule has 1 unspecified atom stereocenters. The number of ether oxygens (including phenoxy) is 1. The van der Waals surface area contributed by atoms with Crippen LogP contribution in [0.15, 0.2) is 18.2 Å². The topological polar surface area (TPSA) is 135 Å². The SMILES string of the molecule is CCCCCCCCCCCCCCCCCCCCCCOC(=O)[C@@H]1c2nc(cc3[nH]c(cc4nc(cc5[nH]c6c2CC(=O)c6c5C)C(=O)C4(C)CC)c(C(=O)C(F)(F)F)c3C)[C@H]1C. The average molecular weight is 901 g/mol. The molecule has 12 heteroatoms. The summed E-state index contributed by atoms with van der Waals surface area (Å²) in [5, 5.41) is 0. The Kier molecular flexibility index (Phi) is 17.1. The van der Waals surface area contributed by atoms with Crippen molar-refractivity contribution in [2.45, 2.75) is 206 Å². The van der Waals surface area contributed by atoms with E-state index >= 15 is 0 Å².